The van der Waals surface area contributed by atoms with Gasteiger partial charge in [-0.05, 0) is 103 Å². The van der Waals surface area contributed by atoms with E-state index >= 15 is 0 Å². The molecule has 49 heavy (non-hydrogen) atoms. The highest BCUT2D eigenvalue weighted by molar-refractivity contribution is 6.35. The molecular weight excluding hydrogens is 649 g/mol. The van der Waals surface area contributed by atoms with E-state index in [0.29, 0.717) is 28.8 Å². The third-order valence-corrected chi connectivity index (χ3v) is 8.67. The van der Waals surface area contributed by atoms with Gasteiger partial charge in [0.25, 0.3) is 0 Å². The topological polar surface area (TPSA) is 67.6 Å². The van der Waals surface area contributed by atoms with Crippen LogP contribution in [-0.2, 0) is 17.8 Å². The van der Waals surface area contributed by atoms with Gasteiger partial charge >= 0.3 is 0 Å². The smallest absolute Gasteiger partial charge is 0.244 e. The van der Waals surface area contributed by atoms with Crippen molar-refractivity contribution < 1.29 is 9.53 Å². The number of nitrogens with two attached hydrogens (primary N) is 1. The number of nitrogens with one attached hydrogen (secondary N) is 1. The van der Waals surface area contributed by atoms with Gasteiger partial charge in [-0.2, -0.15) is 0 Å². The van der Waals surface area contributed by atoms with Crippen LogP contribution in [0.3, 0.4) is 0 Å². The highest BCUT2D eigenvalue weighted by Gasteiger charge is 2.20. The number of nitrogens with zero attached hydrogens (tertiary/aromatic N) is 1. The first kappa shape index (κ1) is 37.1. The quantitative estimate of drug-likeness (QED) is 0.0905. The van der Waals surface area contributed by atoms with Crippen molar-refractivity contribution in [2.75, 3.05) is 12.3 Å². The number of benzene rings is 4. The maximum Gasteiger partial charge on any atom is 0.244 e. The Bertz CT molecular complexity index is 1790. The highest BCUT2D eigenvalue weighted by atomic mass is 35.5. The second-order valence-corrected chi connectivity index (χ2v) is 13.0. The fourth-order valence-corrected chi connectivity index (χ4v) is 5.75. The molecule has 0 heterocycles. The molecule has 4 aromatic rings. The van der Waals surface area contributed by atoms with Crippen molar-refractivity contribution in [1.29, 1.82) is 0 Å². The summed E-state index contributed by atoms with van der Waals surface area (Å²) < 4.78 is 6.07. The Labute approximate surface area is 301 Å². The Morgan fingerprint density at radius 1 is 0.939 bits per heavy atom. The molecule has 7 heteroatoms. The SMILES string of the molecule is C=C(C)c1ccc(COc2ccc(CC(NC(=O)/C=C/c3ccc(N)cc3)C(=C)N(/C=C(\C)c3ccc(Cl)cc3Cl)CCCC)cc2)cc1. The summed E-state index contributed by atoms with van der Waals surface area (Å²) in [6.45, 7) is 15.9. The molecule has 0 bridgehead atoms. The van der Waals surface area contributed by atoms with Crippen molar-refractivity contribution in [3.8, 4) is 5.75 Å². The van der Waals surface area contributed by atoms with E-state index in [1.165, 1.54) is 6.08 Å². The summed E-state index contributed by atoms with van der Waals surface area (Å²) in [6.07, 6.45) is 7.83. The van der Waals surface area contributed by atoms with E-state index in [-0.39, 0.29) is 5.91 Å². The van der Waals surface area contributed by atoms with Gasteiger partial charge in [-0.1, -0.05) is 110 Å². The molecule has 4 aromatic carbocycles. The number of anilines is 1. The van der Waals surface area contributed by atoms with E-state index < -0.39 is 6.04 Å². The summed E-state index contributed by atoms with van der Waals surface area (Å²) in [5.74, 6) is 0.541. The summed E-state index contributed by atoms with van der Waals surface area (Å²) in [5, 5.41) is 4.36. The molecule has 0 fully saturated rings. The van der Waals surface area contributed by atoms with Gasteiger partial charge in [0.1, 0.15) is 12.4 Å². The summed E-state index contributed by atoms with van der Waals surface area (Å²) in [4.78, 5) is 15.4. The molecule has 1 amide bonds. The standard InChI is InChI=1S/C42H45Cl2N3O2/c1-6-7-24-47(27-30(4)39-22-17-36(43)26-40(39)44)31(5)41(46-42(48)23-14-32-10-18-37(45)19-11-32)25-33-12-20-38(21-13-33)49-28-34-8-15-35(16-9-34)29(2)3/h8-23,26-27,41H,2,5-7,24-25,28,45H2,1,3-4H3,(H,46,48)/b23-14+,30-27+. The molecule has 0 aliphatic heterocycles. The number of amides is 1. The van der Waals surface area contributed by atoms with Crippen molar-refractivity contribution >= 4 is 52.0 Å². The molecule has 1 unspecified atom stereocenters. The van der Waals surface area contributed by atoms with Crippen LogP contribution in [0, 0.1) is 0 Å². The number of ether oxygens (including phenoxy) is 1. The molecular formula is C42H45Cl2N3O2. The largest absolute Gasteiger partial charge is 0.489 e. The number of nitrogen functional groups attached to an aromatic ring is 1. The predicted molar refractivity (Wildman–Crippen MR) is 208 cm³/mol. The Morgan fingerprint density at radius 3 is 2.24 bits per heavy atom. The van der Waals surface area contributed by atoms with Crippen LogP contribution in [0.5, 0.6) is 5.75 Å². The average molecular weight is 695 g/mol. The lowest BCUT2D eigenvalue weighted by Gasteiger charge is -2.30. The number of carbonyl (C=O) groups is 1. The average Bonchev–Trinajstić information content (AvgIpc) is 3.09. The minimum atomic E-state index is -0.399. The second-order valence-electron chi connectivity index (χ2n) is 12.1. The molecule has 0 aliphatic rings. The molecule has 0 radical (unpaired) electrons. The van der Waals surface area contributed by atoms with Crippen LogP contribution in [0.1, 0.15) is 61.4 Å². The molecule has 4 rings (SSSR count). The fourth-order valence-electron chi connectivity index (χ4n) is 5.19. The second kappa shape index (κ2) is 18.2. The molecule has 1 atom stereocenters. The van der Waals surface area contributed by atoms with E-state index in [4.69, 9.17) is 33.7 Å². The summed E-state index contributed by atoms with van der Waals surface area (Å²) in [6, 6.07) is 28.6. The number of allylic oxidation sites excluding steroid dienone is 2. The maximum absolute atomic E-state index is 13.3. The first-order valence-electron chi connectivity index (χ1n) is 16.4. The maximum atomic E-state index is 13.3. The van der Waals surface area contributed by atoms with Crippen molar-refractivity contribution in [3.63, 3.8) is 0 Å². The van der Waals surface area contributed by atoms with Crippen LogP contribution >= 0.6 is 23.2 Å². The van der Waals surface area contributed by atoms with Crippen molar-refractivity contribution in [3.05, 3.63) is 160 Å². The zero-order chi connectivity index (χ0) is 35.3. The van der Waals surface area contributed by atoms with Gasteiger partial charge in [0.15, 0.2) is 0 Å². The Hall–Kier alpha value is -4.71. The number of carbonyl (C=O) groups excluding carboxylic acids is 1. The minimum Gasteiger partial charge on any atom is -0.489 e. The van der Waals surface area contributed by atoms with E-state index in [2.05, 4.69) is 60.8 Å². The third kappa shape index (κ3) is 11.4. The van der Waals surface area contributed by atoms with E-state index in [1.54, 1.807) is 12.1 Å². The molecule has 0 saturated carbocycles. The summed E-state index contributed by atoms with van der Waals surface area (Å²) >= 11 is 12.7. The van der Waals surface area contributed by atoms with Gasteiger partial charge < -0.3 is 20.7 Å². The zero-order valence-electron chi connectivity index (χ0n) is 28.5. The normalized spacial score (nSPS) is 12.1. The monoisotopic (exact) mass is 693 g/mol. The van der Waals surface area contributed by atoms with Crippen molar-refractivity contribution in [2.24, 2.45) is 0 Å². The number of unbranched alkanes of at least 4 members (excludes halogenated alkanes) is 1. The summed E-state index contributed by atoms with van der Waals surface area (Å²) in [5.41, 5.74) is 14.2. The van der Waals surface area contributed by atoms with Gasteiger partial charge in [-0.25, -0.2) is 0 Å². The van der Waals surface area contributed by atoms with E-state index in [1.807, 2.05) is 74.5 Å². The zero-order valence-corrected chi connectivity index (χ0v) is 30.0. The lowest BCUT2D eigenvalue weighted by Crippen LogP contribution is -2.41. The van der Waals surface area contributed by atoms with E-state index in [9.17, 15) is 4.79 Å². The van der Waals surface area contributed by atoms with Crippen LogP contribution in [0.15, 0.2) is 122 Å². The first-order chi connectivity index (χ1) is 23.5. The Morgan fingerprint density at radius 2 is 1.61 bits per heavy atom. The van der Waals surface area contributed by atoms with Gasteiger partial charge in [-0.3, -0.25) is 4.79 Å². The molecule has 0 aliphatic carbocycles. The molecule has 3 N–H and O–H groups in total. The number of halogens is 2. The predicted octanol–water partition coefficient (Wildman–Crippen LogP) is 10.6. The lowest BCUT2D eigenvalue weighted by atomic mass is 10.0. The van der Waals surface area contributed by atoms with Gasteiger partial charge in [0.05, 0.1) is 6.04 Å². The van der Waals surface area contributed by atoms with Crippen molar-refractivity contribution in [2.45, 2.75) is 52.7 Å². The Kier molecular flexibility index (Phi) is 13.8. The van der Waals surface area contributed by atoms with Crippen LogP contribution in [0.25, 0.3) is 17.2 Å². The summed E-state index contributed by atoms with van der Waals surface area (Å²) in [7, 11) is 0. The Balaban J connectivity index is 1.55. The lowest BCUT2D eigenvalue weighted by molar-refractivity contribution is -0.117. The third-order valence-electron chi connectivity index (χ3n) is 8.12. The van der Waals surface area contributed by atoms with Gasteiger partial charge in [-0.15, -0.1) is 0 Å². The van der Waals surface area contributed by atoms with Crippen LogP contribution < -0.4 is 15.8 Å². The molecule has 254 valence electrons. The van der Waals surface area contributed by atoms with Crippen LogP contribution in [0.2, 0.25) is 10.0 Å². The van der Waals surface area contributed by atoms with Crippen LogP contribution in [-0.4, -0.2) is 23.4 Å². The minimum absolute atomic E-state index is 0.225. The number of hydrogen-bond donors (Lipinski definition) is 2. The van der Waals surface area contributed by atoms with Crippen molar-refractivity contribution in [1.82, 2.24) is 10.2 Å². The highest BCUT2D eigenvalue weighted by Crippen LogP contribution is 2.28. The van der Waals surface area contributed by atoms with Gasteiger partial charge in [0.2, 0.25) is 5.91 Å². The van der Waals surface area contributed by atoms with E-state index in [0.717, 1.165) is 69.8 Å². The van der Waals surface area contributed by atoms with Gasteiger partial charge in [0, 0.05) is 40.3 Å². The first-order valence-corrected chi connectivity index (χ1v) is 17.2. The number of rotatable bonds is 16. The molecule has 0 spiro atoms. The van der Waals surface area contributed by atoms with Crippen LogP contribution in [0.4, 0.5) is 5.69 Å². The molecule has 5 nitrogen and oxygen atoms in total. The number of hydrogen-bond acceptors (Lipinski definition) is 4. The molecule has 0 saturated heterocycles. The fraction of sp³-hybridized carbons (Fsp3) is 0.214. The molecule has 0 aromatic heterocycles.